The fourth-order valence-corrected chi connectivity index (χ4v) is 0.889. The fraction of sp³-hybridized carbons (Fsp3) is 0. The Morgan fingerprint density at radius 2 is 2.38 bits per heavy atom. The molecule has 2 rings (SSSR count). The van der Waals surface area contributed by atoms with Crippen LogP contribution < -0.4 is 0 Å². The Kier molecular flexibility index (Phi) is 1.51. The van der Waals surface area contributed by atoms with Gasteiger partial charge in [0.15, 0.2) is 5.69 Å². The van der Waals surface area contributed by atoms with Gasteiger partial charge < -0.3 is 10.1 Å². The molecule has 13 heavy (non-hydrogen) atoms. The number of rotatable bonds is 2. The van der Waals surface area contributed by atoms with E-state index in [0.717, 1.165) is 0 Å². The Bertz CT molecular complexity index is 418. The maximum absolute atomic E-state index is 10.6. The van der Waals surface area contributed by atoms with Gasteiger partial charge >= 0.3 is 5.97 Å². The van der Waals surface area contributed by atoms with Gasteiger partial charge in [0.05, 0.1) is 6.33 Å². The third-order valence-electron chi connectivity index (χ3n) is 1.41. The number of carbonyl (C=O) groups is 1. The molecule has 0 unspecified atom stereocenters. The van der Waals surface area contributed by atoms with Crippen molar-refractivity contribution in [2.45, 2.75) is 0 Å². The van der Waals surface area contributed by atoms with E-state index in [9.17, 15) is 4.79 Å². The highest BCUT2D eigenvalue weighted by molar-refractivity contribution is 5.91. The minimum atomic E-state index is -1.11. The first-order chi connectivity index (χ1) is 6.29. The van der Waals surface area contributed by atoms with Gasteiger partial charge in [-0.15, -0.1) is 10.2 Å². The number of nitrogens with one attached hydrogen (secondary N) is 2. The topological polar surface area (TPSA) is 120 Å². The molecule has 0 saturated heterocycles. The molecule has 3 N–H and O–H groups in total. The van der Waals surface area contributed by atoms with E-state index in [0.29, 0.717) is 0 Å². The van der Waals surface area contributed by atoms with Crippen LogP contribution in [0.2, 0.25) is 0 Å². The summed E-state index contributed by atoms with van der Waals surface area (Å²) in [5.74, 6) is -0.962. The molecular weight excluding hydrogens is 176 g/mol. The number of hydrogen-bond donors (Lipinski definition) is 3. The molecule has 2 aromatic heterocycles. The minimum absolute atomic E-state index is 0.0543. The summed E-state index contributed by atoms with van der Waals surface area (Å²) in [6, 6.07) is 0. The molecule has 8 nitrogen and oxygen atoms in total. The predicted molar refractivity (Wildman–Crippen MR) is 38.7 cm³/mol. The van der Waals surface area contributed by atoms with Crippen molar-refractivity contribution in [2.24, 2.45) is 0 Å². The van der Waals surface area contributed by atoms with Crippen LogP contribution in [-0.2, 0) is 0 Å². The Balaban J connectivity index is 2.52. The summed E-state index contributed by atoms with van der Waals surface area (Å²) in [4.78, 5) is 16.8. The van der Waals surface area contributed by atoms with Crippen LogP contribution in [0.5, 0.6) is 0 Å². The van der Waals surface area contributed by atoms with E-state index in [1.54, 1.807) is 0 Å². The van der Waals surface area contributed by atoms with Crippen molar-refractivity contribution in [1.82, 2.24) is 30.6 Å². The predicted octanol–water partition coefficient (Wildman–Crippen LogP) is -0.712. The minimum Gasteiger partial charge on any atom is -0.477 e. The Morgan fingerprint density at radius 1 is 1.54 bits per heavy atom. The molecule has 0 fully saturated rings. The van der Waals surface area contributed by atoms with E-state index in [1.807, 2.05) is 0 Å². The van der Waals surface area contributed by atoms with E-state index in [2.05, 4.69) is 30.6 Å². The molecule has 0 saturated carbocycles. The lowest BCUT2D eigenvalue weighted by molar-refractivity contribution is 0.0692. The highest BCUT2D eigenvalue weighted by Crippen LogP contribution is 2.13. The molecule has 2 aromatic rings. The largest absolute Gasteiger partial charge is 0.477 e. The number of aromatic amines is 2. The van der Waals surface area contributed by atoms with Crippen LogP contribution in [0.3, 0.4) is 0 Å². The fourth-order valence-electron chi connectivity index (χ4n) is 0.889. The molecule has 0 aliphatic rings. The number of imidazole rings is 1. The first kappa shape index (κ1) is 7.40. The highest BCUT2D eigenvalue weighted by Gasteiger charge is 2.17. The lowest BCUT2D eigenvalue weighted by atomic mass is 10.3. The first-order valence-electron chi connectivity index (χ1n) is 3.29. The molecule has 0 aromatic carbocycles. The highest BCUT2D eigenvalue weighted by atomic mass is 16.4. The van der Waals surface area contributed by atoms with Crippen molar-refractivity contribution in [3.05, 3.63) is 12.0 Å². The second kappa shape index (κ2) is 2.66. The molecule has 0 atom stereocenters. The van der Waals surface area contributed by atoms with Crippen molar-refractivity contribution < 1.29 is 9.90 Å². The van der Waals surface area contributed by atoms with E-state index in [-0.39, 0.29) is 17.2 Å². The maximum Gasteiger partial charge on any atom is 0.354 e. The summed E-state index contributed by atoms with van der Waals surface area (Å²) in [6.07, 6.45) is 1.26. The van der Waals surface area contributed by atoms with Crippen LogP contribution in [0.25, 0.3) is 11.5 Å². The van der Waals surface area contributed by atoms with E-state index in [4.69, 9.17) is 5.11 Å². The Morgan fingerprint density at radius 3 is 3.00 bits per heavy atom. The molecule has 0 spiro atoms. The molecule has 0 aliphatic carbocycles. The Hall–Kier alpha value is -2.25. The summed E-state index contributed by atoms with van der Waals surface area (Å²) < 4.78 is 0. The second-order valence-corrected chi connectivity index (χ2v) is 2.17. The van der Waals surface area contributed by atoms with E-state index in [1.165, 1.54) is 6.33 Å². The van der Waals surface area contributed by atoms with Crippen molar-refractivity contribution in [3.63, 3.8) is 0 Å². The number of H-pyrrole nitrogens is 2. The zero-order valence-electron chi connectivity index (χ0n) is 6.22. The smallest absolute Gasteiger partial charge is 0.354 e. The van der Waals surface area contributed by atoms with Gasteiger partial charge in [-0.2, -0.15) is 5.21 Å². The van der Waals surface area contributed by atoms with Crippen molar-refractivity contribution >= 4 is 5.97 Å². The van der Waals surface area contributed by atoms with Gasteiger partial charge in [0.1, 0.15) is 5.69 Å². The van der Waals surface area contributed by atoms with Crippen LogP contribution >= 0.6 is 0 Å². The quantitative estimate of drug-likeness (QED) is 0.561. The van der Waals surface area contributed by atoms with Crippen molar-refractivity contribution in [1.29, 1.82) is 0 Å². The molecule has 0 aliphatic heterocycles. The molecule has 8 heteroatoms. The van der Waals surface area contributed by atoms with Crippen LogP contribution in [-0.4, -0.2) is 41.7 Å². The normalized spacial score (nSPS) is 10.2. The first-order valence-corrected chi connectivity index (χ1v) is 3.29. The van der Waals surface area contributed by atoms with Gasteiger partial charge in [0.25, 0.3) is 0 Å². The van der Waals surface area contributed by atoms with E-state index >= 15 is 0 Å². The molecule has 0 radical (unpaired) electrons. The summed E-state index contributed by atoms with van der Waals surface area (Å²) in [7, 11) is 0. The standard InChI is InChI=1S/C5H4N6O2/c12-5(13)3-2(6-1-7-3)4-8-10-11-9-4/h1H,(H,6,7)(H,12,13)(H,8,9,10,11). The number of aromatic nitrogens is 6. The van der Waals surface area contributed by atoms with Crippen LogP contribution in [0.4, 0.5) is 0 Å². The van der Waals surface area contributed by atoms with Crippen LogP contribution in [0, 0.1) is 0 Å². The van der Waals surface area contributed by atoms with Gasteiger partial charge in [-0.05, 0) is 5.21 Å². The lowest BCUT2D eigenvalue weighted by Gasteiger charge is -1.89. The van der Waals surface area contributed by atoms with Crippen molar-refractivity contribution in [3.8, 4) is 11.5 Å². The number of aromatic carboxylic acids is 1. The van der Waals surface area contributed by atoms with Gasteiger partial charge in [0, 0.05) is 0 Å². The molecule has 2 heterocycles. The third-order valence-corrected chi connectivity index (χ3v) is 1.41. The summed E-state index contributed by atoms with van der Waals surface area (Å²) in [5.41, 5.74) is 0.114. The number of carboxylic acids is 1. The van der Waals surface area contributed by atoms with Gasteiger partial charge in [0.2, 0.25) is 5.82 Å². The summed E-state index contributed by atoms with van der Waals surface area (Å²) in [6.45, 7) is 0. The summed E-state index contributed by atoms with van der Waals surface area (Å²) in [5, 5.41) is 21.4. The zero-order valence-corrected chi connectivity index (χ0v) is 6.22. The SMILES string of the molecule is O=C(O)c1[nH]cnc1-c1nn[nH]n1. The molecule has 0 bridgehead atoms. The lowest BCUT2D eigenvalue weighted by Crippen LogP contribution is -1.99. The second-order valence-electron chi connectivity index (χ2n) is 2.17. The van der Waals surface area contributed by atoms with Gasteiger partial charge in [-0.1, -0.05) is 0 Å². The van der Waals surface area contributed by atoms with Crippen LogP contribution in [0.1, 0.15) is 10.5 Å². The molecule has 0 amide bonds. The third kappa shape index (κ3) is 1.13. The molecule has 66 valence electrons. The summed E-state index contributed by atoms with van der Waals surface area (Å²) >= 11 is 0. The van der Waals surface area contributed by atoms with Gasteiger partial charge in [-0.3, -0.25) is 0 Å². The maximum atomic E-state index is 10.6. The van der Waals surface area contributed by atoms with Gasteiger partial charge in [-0.25, -0.2) is 9.78 Å². The van der Waals surface area contributed by atoms with Crippen molar-refractivity contribution in [2.75, 3.05) is 0 Å². The average Bonchev–Trinajstić information content (AvgIpc) is 2.74. The average molecular weight is 180 g/mol. The monoisotopic (exact) mass is 180 g/mol. The number of nitrogens with zero attached hydrogens (tertiary/aromatic N) is 4. The zero-order chi connectivity index (χ0) is 9.26. The Labute approximate surface area is 71.0 Å². The molecular formula is C5H4N6O2. The number of tetrazole rings is 1. The van der Waals surface area contributed by atoms with Crippen LogP contribution in [0.15, 0.2) is 6.33 Å². The number of hydrogen-bond acceptors (Lipinski definition) is 5. The van der Waals surface area contributed by atoms with E-state index < -0.39 is 5.97 Å². The number of carboxylic acid groups (broad SMARTS) is 1.